The van der Waals surface area contributed by atoms with Gasteiger partial charge in [-0.2, -0.15) is 0 Å². The third-order valence-electron chi connectivity index (χ3n) is 3.00. The molecule has 0 heterocycles. The van der Waals surface area contributed by atoms with Crippen LogP contribution in [0.4, 0.5) is 0 Å². The van der Waals surface area contributed by atoms with Gasteiger partial charge < -0.3 is 9.84 Å². The molecule has 20 heavy (non-hydrogen) atoms. The van der Waals surface area contributed by atoms with Crippen molar-refractivity contribution >= 4 is 15.8 Å². The van der Waals surface area contributed by atoms with Crippen LogP contribution in [0, 0.1) is 13.8 Å². The average Bonchev–Trinajstić information content (AvgIpc) is 2.31. The summed E-state index contributed by atoms with van der Waals surface area (Å²) >= 11 is 0. The van der Waals surface area contributed by atoms with Crippen molar-refractivity contribution in [3.05, 3.63) is 28.8 Å². The molecular formula is C14H20O5S. The summed E-state index contributed by atoms with van der Waals surface area (Å²) in [4.78, 5) is 11.1. The topological polar surface area (TPSA) is 80.7 Å². The number of hydrogen-bond donors (Lipinski definition) is 1. The Labute approximate surface area is 119 Å². The molecular weight excluding hydrogens is 280 g/mol. The van der Waals surface area contributed by atoms with Gasteiger partial charge in [-0.3, -0.25) is 0 Å². The molecule has 0 aromatic heterocycles. The number of rotatable bonds is 6. The molecule has 0 amide bonds. The Balaban J connectivity index is 3.14. The summed E-state index contributed by atoms with van der Waals surface area (Å²) in [7, 11) is -3.55. The molecule has 6 heteroatoms. The Morgan fingerprint density at radius 1 is 1.30 bits per heavy atom. The van der Waals surface area contributed by atoms with Crippen molar-refractivity contribution in [2.75, 3.05) is 12.4 Å². The number of hydrogen-bond acceptors (Lipinski definition) is 4. The maximum Gasteiger partial charge on any atom is 0.335 e. The zero-order valence-electron chi connectivity index (χ0n) is 12.1. The molecule has 0 saturated carbocycles. The summed E-state index contributed by atoms with van der Waals surface area (Å²) < 4.78 is 29.8. The fourth-order valence-electron chi connectivity index (χ4n) is 1.78. The van der Waals surface area contributed by atoms with E-state index in [0.717, 1.165) is 0 Å². The summed E-state index contributed by atoms with van der Waals surface area (Å²) in [5, 5.41) is 9.02. The van der Waals surface area contributed by atoms with Crippen molar-refractivity contribution in [3.8, 4) is 0 Å². The largest absolute Gasteiger partial charge is 0.478 e. The number of carboxylic acid groups (broad SMARTS) is 1. The molecule has 0 spiro atoms. The predicted molar refractivity (Wildman–Crippen MR) is 76.0 cm³/mol. The maximum atomic E-state index is 12.3. The van der Waals surface area contributed by atoms with Crippen LogP contribution < -0.4 is 0 Å². The number of aryl methyl sites for hydroxylation is 1. The molecule has 0 atom stereocenters. The molecule has 1 rings (SSSR count). The Kier molecular flexibility index (Phi) is 5.30. The van der Waals surface area contributed by atoms with Gasteiger partial charge in [0.2, 0.25) is 0 Å². The predicted octanol–water partition coefficient (Wildman–Crippen LogP) is 2.20. The van der Waals surface area contributed by atoms with Gasteiger partial charge in [0.25, 0.3) is 0 Å². The van der Waals surface area contributed by atoms with E-state index in [1.54, 1.807) is 13.8 Å². The average molecular weight is 300 g/mol. The standard InChI is InChI=1S/C14H20O5S/c1-9(2)19-5-6-20(17,18)13-8-12(14(15)16)7-10(3)11(13)4/h7-9H,5-6H2,1-4H3,(H,15,16). The molecule has 0 bridgehead atoms. The lowest BCUT2D eigenvalue weighted by molar-refractivity contribution is 0.0696. The van der Waals surface area contributed by atoms with E-state index in [0.29, 0.717) is 11.1 Å². The Morgan fingerprint density at radius 3 is 2.40 bits per heavy atom. The maximum absolute atomic E-state index is 12.3. The van der Waals surface area contributed by atoms with E-state index in [9.17, 15) is 13.2 Å². The lowest BCUT2D eigenvalue weighted by atomic mass is 10.1. The second-order valence-corrected chi connectivity index (χ2v) is 7.04. The van der Waals surface area contributed by atoms with Crippen LogP contribution in [0.15, 0.2) is 17.0 Å². The Hall–Kier alpha value is -1.40. The number of benzene rings is 1. The van der Waals surface area contributed by atoms with Crippen LogP contribution in [0.2, 0.25) is 0 Å². The minimum Gasteiger partial charge on any atom is -0.478 e. The number of sulfone groups is 1. The Bertz CT molecular complexity index is 602. The van der Waals surface area contributed by atoms with Crippen LogP contribution in [-0.4, -0.2) is 38.0 Å². The van der Waals surface area contributed by atoms with E-state index in [1.165, 1.54) is 12.1 Å². The van der Waals surface area contributed by atoms with Crippen LogP contribution >= 0.6 is 0 Å². The van der Waals surface area contributed by atoms with Crippen molar-refractivity contribution in [2.45, 2.75) is 38.7 Å². The molecule has 112 valence electrons. The molecule has 0 aliphatic carbocycles. The molecule has 0 unspecified atom stereocenters. The van der Waals surface area contributed by atoms with Crippen LogP contribution in [0.25, 0.3) is 0 Å². The third-order valence-corrected chi connectivity index (χ3v) is 4.80. The number of carboxylic acids is 1. The van der Waals surface area contributed by atoms with Crippen molar-refractivity contribution in [1.82, 2.24) is 0 Å². The number of carbonyl (C=O) groups is 1. The highest BCUT2D eigenvalue weighted by molar-refractivity contribution is 7.91. The first-order valence-corrected chi connectivity index (χ1v) is 7.99. The summed E-state index contributed by atoms with van der Waals surface area (Å²) in [6.45, 7) is 7.12. The summed E-state index contributed by atoms with van der Waals surface area (Å²) in [5.74, 6) is -1.29. The molecule has 1 aromatic carbocycles. The molecule has 0 aliphatic heterocycles. The second-order valence-electron chi connectivity index (χ2n) is 4.96. The van der Waals surface area contributed by atoms with Gasteiger partial charge in [-0.15, -0.1) is 0 Å². The smallest absolute Gasteiger partial charge is 0.335 e. The van der Waals surface area contributed by atoms with Gasteiger partial charge in [0, 0.05) is 0 Å². The fraction of sp³-hybridized carbons (Fsp3) is 0.500. The van der Waals surface area contributed by atoms with Gasteiger partial charge in [-0.05, 0) is 51.0 Å². The van der Waals surface area contributed by atoms with Gasteiger partial charge in [0.05, 0.1) is 28.9 Å². The highest BCUT2D eigenvalue weighted by Crippen LogP contribution is 2.22. The molecule has 0 radical (unpaired) electrons. The van der Waals surface area contributed by atoms with Gasteiger partial charge in [0.1, 0.15) is 0 Å². The summed E-state index contributed by atoms with van der Waals surface area (Å²) in [6.07, 6.45) is -0.0432. The van der Waals surface area contributed by atoms with E-state index in [1.807, 2.05) is 13.8 Å². The first-order valence-electron chi connectivity index (χ1n) is 6.34. The summed E-state index contributed by atoms with van der Waals surface area (Å²) in [5.41, 5.74) is 1.21. The quantitative estimate of drug-likeness (QED) is 0.871. The highest BCUT2D eigenvalue weighted by Gasteiger charge is 2.20. The van der Waals surface area contributed by atoms with Gasteiger partial charge in [-0.25, -0.2) is 13.2 Å². The zero-order chi connectivity index (χ0) is 15.5. The molecule has 0 saturated heterocycles. The van der Waals surface area contributed by atoms with Crippen LogP contribution in [0.5, 0.6) is 0 Å². The van der Waals surface area contributed by atoms with Crippen molar-refractivity contribution in [1.29, 1.82) is 0 Å². The lowest BCUT2D eigenvalue weighted by Crippen LogP contribution is -2.17. The second kappa shape index (κ2) is 6.37. The molecule has 5 nitrogen and oxygen atoms in total. The molecule has 0 aliphatic rings. The lowest BCUT2D eigenvalue weighted by Gasteiger charge is -2.12. The van der Waals surface area contributed by atoms with E-state index >= 15 is 0 Å². The van der Waals surface area contributed by atoms with E-state index in [2.05, 4.69) is 0 Å². The van der Waals surface area contributed by atoms with Gasteiger partial charge >= 0.3 is 5.97 Å². The minimum atomic E-state index is -3.55. The van der Waals surface area contributed by atoms with Gasteiger partial charge in [0.15, 0.2) is 9.84 Å². The molecule has 0 fully saturated rings. The third kappa shape index (κ3) is 4.05. The normalized spacial score (nSPS) is 11.8. The highest BCUT2D eigenvalue weighted by atomic mass is 32.2. The van der Waals surface area contributed by atoms with Crippen molar-refractivity contribution in [3.63, 3.8) is 0 Å². The molecule has 1 N–H and O–H groups in total. The summed E-state index contributed by atoms with van der Waals surface area (Å²) in [6, 6.07) is 2.69. The van der Waals surface area contributed by atoms with Crippen molar-refractivity contribution in [2.24, 2.45) is 0 Å². The van der Waals surface area contributed by atoms with Crippen LogP contribution in [0.1, 0.15) is 35.3 Å². The van der Waals surface area contributed by atoms with Crippen LogP contribution in [-0.2, 0) is 14.6 Å². The van der Waals surface area contributed by atoms with Gasteiger partial charge in [-0.1, -0.05) is 0 Å². The van der Waals surface area contributed by atoms with E-state index < -0.39 is 15.8 Å². The first kappa shape index (κ1) is 16.7. The number of aromatic carboxylic acids is 1. The minimum absolute atomic E-state index is 0.0172. The zero-order valence-corrected chi connectivity index (χ0v) is 13.0. The van der Waals surface area contributed by atoms with E-state index in [-0.39, 0.29) is 28.9 Å². The van der Waals surface area contributed by atoms with E-state index in [4.69, 9.17) is 9.84 Å². The number of ether oxygens (including phenoxy) is 1. The van der Waals surface area contributed by atoms with Crippen molar-refractivity contribution < 1.29 is 23.1 Å². The first-order chi connectivity index (χ1) is 9.15. The fourth-order valence-corrected chi connectivity index (χ4v) is 3.25. The SMILES string of the molecule is Cc1cc(C(=O)O)cc(S(=O)(=O)CCOC(C)C)c1C. The van der Waals surface area contributed by atoms with Crippen LogP contribution in [0.3, 0.4) is 0 Å². The molecule has 1 aromatic rings. The monoisotopic (exact) mass is 300 g/mol. The Morgan fingerprint density at radius 2 is 1.90 bits per heavy atom.